The summed E-state index contributed by atoms with van der Waals surface area (Å²) in [5.74, 6) is 0. The van der Waals surface area contributed by atoms with Gasteiger partial charge in [-0.3, -0.25) is 0 Å². The third-order valence-electron chi connectivity index (χ3n) is 4.77. The lowest BCUT2D eigenvalue weighted by Gasteiger charge is -2.17. The van der Waals surface area contributed by atoms with E-state index < -0.39 is 0 Å². The first-order valence-corrected chi connectivity index (χ1v) is 8.75. The van der Waals surface area contributed by atoms with Crippen LogP contribution in [0.4, 0.5) is 0 Å². The van der Waals surface area contributed by atoms with E-state index in [2.05, 4.69) is 51.1 Å². The van der Waals surface area contributed by atoms with E-state index in [4.69, 9.17) is 8.83 Å². The van der Waals surface area contributed by atoms with Gasteiger partial charge < -0.3 is 8.83 Å². The summed E-state index contributed by atoms with van der Waals surface area (Å²) in [6, 6.07) is 18.8. The van der Waals surface area contributed by atoms with Crippen LogP contribution in [-0.4, -0.2) is 0 Å². The Morgan fingerprint density at radius 2 is 1.28 bits per heavy atom. The largest absolute Gasteiger partial charge is 0.456 e. The minimum absolute atomic E-state index is 0.255. The van der Waals surface area contributed by atoms with Crippen molar-refractivity contribution in [3.8, 4) is 0 Å². The topological polar surface area (TPSA) is 26.3 Å². The van der Waals surface area contributed by atoms with Crippen molar-refractivity contribution >= 4 is 43.9 Å². The molecule has 0 spiro atoms. The molecule has 2 nitrogen and oxygen atoms in total. The van der Waals surface area contributed by atoms with E-state index in [1.54, 1.807) is 0 Å². The van der Waals surface area contributed by atoms with Gasteiger partial charge in [-0.05, 0) is 47.7 Å². The lowest BCUT2D eigenvalue weighted by Crippen LogP contribution is -2.08. The number of fused-ring (bicyclic) bond motifs is 7. The predicted molar refractivity (Wildman–Crippen MR) is 104 cm³/mol. The van der Waals surface area contributed by atoms with E-state index in [9.17, 15) is 0 Å². The maximum absolute atomic E-state index is 6.12. The van der Waals surface area contributed by atoms with Crippen molar-refractivity contribution in [1.29, 1.82) is 0 Å². The quantitative estimate of drug-likeness (QED) is 0.329. The molecule has 0 radical (unpaired) electrons. The average molecular weight is 328 g/mol. The smallest absolute Gasteiger partial charge is 0.136 e. The van der Waals surface area contributed by atoms with Crippen molar-refractivity contribution in [2.24, 2.45) is 5.41 Å². The Balaban J connectivity index is 1.91. The number of para-hydroxylation sites is 1. The first-order chi connectivity index (χ1) is 12.0. The van der Waals surface area contributed by atoms with Gasteiger partial charge in [-0.15, -0.1) is 0 Å². The Morgan fingerprint density at radius 3 is 2.00 bits per heavy atom. The number of benzene rings is 3. The van der Waals surface area contributed by atoms with Gasteiger partial charge in [-0.25, -0.2) is 0 Å². The molecular weight excluding hydrogens is 308 g/mol. The molecule has 0 fully saturated rings. The zero-order chi connectivity index (χ0) is 17.2. The fourth-order valence-corrected chi connectivity index (χ4v) is 3.85. The maximum atomic E-state index is 6.12. The van der Waals surface area contributed by atoms with Crippen LogP contribution in [0.5, 0.6) is 0 Å². The molecule has 5 rings (SSSR count). The molecule has 2 heteroatoms. The molecule has 5 aromatic rings. The third kappa shape index (κ3) is 2.25. The van der Waals surface area contributed by atoms with Gasteiger partial charge >= 0.3 is 0 Å². The SMILES string of the molecule is CC(C)(C)Cc1ccc2oc3ccc4oc5ccccc5c4c3c2c1. The van der Waals surface area contributed by atoms with Crippen molar-refractivity contribution in [2.45, 2.75) is 27.2 Å². The van der Waals surface area contributed by atoms with Crippen molar-refractivity contribution in [1.82, 2.24) is 0 Å². The lowest BCUT2D eigenvalue weighted by atomic mass is 9.87. The molecule has 0 aliphatic heterocycles. The highest BCUT2D eigenvalue weighted by atomic mass is 16.3. The summed E-state index contributed by atoms with van der Waals surface area (Å²) < 4.78 is 12.2. The minimum atomic E-state index is 0.255. The number of furan rings is 2. The lowest BCUT2D eigenvalue weighted by molar-refractivity contribution is 0.411. The molecule has 0 bridgehead atoms. The monoisotopic (exact) mass is 328 g/mol. The van der Waals surface area contributed by atoms with Crippen molar-refractivity contribution in [3.63, 3.8) is 0 Å². The molecular formula is C23H20O2. The second-order valence-corrected chi connectivity index (χ2v) is 8.08. The van der Waals surface area contributed by atoms with Gasteiger partial charge in [0.25, 0.3) is 0 Å². The Bertz CT molecular complexity index is 1250. The highest BCUT2D eigenvalue weighted by molar-refractivity contribution is 6.25. The van der Waals surface area contributed by atoms with Crippen molar-refractivity contribution in [3.05, 3.63) is 60.2 Å². The first kappa shape index (κ1) is 14.6. The van der Waals surface area contributed by atoms with Gasteiger partial charge in [-0.1, -0.05) is 45.0 Å². The van der Waals surface area contributed by atoms with Crippen molar-refractivity contribution < 1.29 is 8.83 Å². The van der Waals surface area contributed by atoms with Crippen LogP contribution in [0, 0.1) is 5.41 Å². The number of hydrogen-bond donors (Lipinski definition) is 0. The molecule has 2 heterocycles. The van der Waals surface area contributed by atoms with E-state index in [0.29, 0.717) is 0 Å². The molecule has 0 saturated carbocycles. The fourth-order valence-electron chi connectivity index (χ4n) is 3.85. The minimum Gasteiger partial charge on any atom is -0.456 e. The van der Waals surface area contributed by atoms with Crippen molar-refractivity contribution in [2.75, 3.05) is 0 Å². The van der Waals surface area contributed by atoms with E-state index in [-0.39, 0.29) is 5.41 Å². The van der Waals surface area contributed by atoms with Gasteiger partial charge in [0.1, 0.15) is 22.3 Å². The van der Waals surface area contributed by atoms with Gasteiger partial charge in [0.05, 0.1) is 0 Å². The van der Waals surface area contributed by atoms with Gasteiger partial charge in [0, 0.05) is 21.5 Å². The number of rotatable bonds is 1. The second kappa shape index (κ2) is 4.89. The van der Waals surface area contributed by atoms with E-state index in [1.165, 1.54) is 10.9 Å². The van der Waals surface area contributed by atoms with E-state index >= 15 is 0 Å². The summed E-state index contributed by atoms with van der Waals surface area (Å²) in [6.45, 7) is 6.81. The predicted octanol–water partition coefficient (Wildman–Crippen LogP) is 7.07. The molecule has 3 aromatic carbocycles. The zero-order valence-electron chi connectivity index (χ0n) is 14.7. The molecule has 0 N–H and O–H groups in total. The fraction of sp³-hybridized carbons (Fsp3) is 0.217. The molecule has 25 heavy (non-hydrogen) atoms. The summed E-state index contributed by atoms with van der Waals surface area (Å²) in [6.07, 6.45) is 1.04. The summed E-state index contributed by atoms with van der Waals surface area (Å²) in [7, 11) is 0. The van der Waals surface area contributed by atoms with Crippen LogP contribution < -0.4 is 0 Å². The molecule has 0 amide bonds. The van der Waals surface area contributed by atoms with Crippen LogP contribution in [0.1, 0.15) is 26.3 Å². The van der Waals surface area contributed by atoms with Gasteiger partial charge in [0.15, 0.2) is 0 Å². The average Bonchev–Trinajstić information content (AvgIpc) is 3.10. The van der Waals surface area contributed by atoms with Crippen LogP contribution in [0.25, 0.3) is 43.9 Å². The highest BCUT2D eigenvalue weighted by Gasteiger charge is 2.17. The van der Waals surface area contributed by atoms with Crippen LogP contribution in [-0.2, 0) is 6.42 Å². The van der Waals surface area contributed by atoms with Crippen LogP contribution in [0.15, 0.2) is 63.4 Å². The van der Waals surface area contributed by atoms with Gasteiger partial charge in [0.2, 0.25) is 0 Å². The second-order valence-electron chi connectivity index (χ2n) is 8.08. The Labute approximate surface area is 146 Å². The van der Waals surface area contributed by atoms with Crippen LogP contribution >= 0.6 is 0 Å². The normalized spacial score (nSPS) is 12.8. The van der Waals surface area contributed by atoms with E-state index in [0.717, 1.165) is 44.9 Å². The molecule has 0 unspecified atom stereocenters. The summed E-state index contributed by atoms with van der Waals surface area (Å²) >= 11 is 0. The molecule has 0 aliphatic carbocycles. The molecule has 0 atom stereocenters. The summed E-state index contributed by atoms with van der Waals surface area (Å²) in [5.41, 5.74) is 5.29. The third-order valence-corrected chi connectivity index (χ3v) is 4.77. The highest BCUT2D eigenvalue weighted by Crippen LogP contribution is 2.40. The van der Waals surface area contributed by atoms with Crippen LogP contribution in [0.3, 0.4) is 0 Å². The standard InChI is InChI=1S/C23H20O2/c1-23(2,3)13-14-8-9-18-16(12-14)22-20(25-18)11-10-19-21(22)15-6-4-5-7-17(15)24-19/h4-12H,13H2,1-3H3. The molecule has 0 aliphatic rings. The Hall–Kier alpha value is -2.74. The summed E-state index contributed by atoms with van der Waals surface area (Å²) in [5, 5.41) is 4.63. The Morgan fingerprint density at radius 1 is 0.680 bits per heavy atom. The van der Waals surface area contributed by atoms with E-state index in [1.807, 2.05) is 24.3 Å². The molecule has 124 valence electrons. The Kier molecular flexibility index (Phi) is 2.85. The maximum Gasteiger partial charge on any atom is 0.136 e. The molecule has 2 aromatic heterocycles. The first-order valence-electron chi connectivity index (χ1n) is 8.75. The summed E-state index contributed by atoms with van der Waals surface area (Å²) in [4.78, 5) is 0. The van der Waals surface area contributed by atoms with Gasteiger partial charge in [-0.2, -0.15) is 0 Å². The molecule has 0 saturated heterocycles. The number of hydrogen-bond acceptors (Lipinski definition) is 2. The zero-order valence-corrected chi connectivity index (χ0v) is 14.7. The van der Waals surface area contributed by atoms with Crippen LogP contribution in [0.2, 0.25) is 0 Å².